The van der Waals surface area contributed by atoms with Gasteiger partial charge in [-0.3, -0.25) is 0 Å². The predicted molar refractivity (Wildman–Crippen MR) is 59.8 cm³/mol. The molecule has 1 unspecified atom stereocenters. The minimum Gasteiger partial charge on any atom is -0.384 e. The van der Waals surface area contributed by atoms with Gasteiger partial charge in [-0.25, -0.2) is 4.79 Å². The average molecular weight is 212 g/mol. The summed E-state index contributed by atoms with van der Waals surface area (Å²) in [7, 11) is 1.71. The first kappa shape index (κ1) is 12.0. The largest absolute Gasteiger partial charge is 0.384 e. The second-order valence-electron chi connectivity index (χ2n) is 3.88. The van der Waals surface area contributed by atoms with Crippen LogP contribution in [0.25, 0.3) is 0 Å². The molecule has 1 atom stereocenters. The Bertz CT molecular complexity index is 217. The van der Waals surface area contributed by atoms with E-state index < -0.39 is 0 Å². The molecule has 1 saturated heterocycles. The highest BCUT2D eigenvalue weighted by Crippen LogP contribution is 2.16. The van der Waals surface area contributed by atoms with Crippen LogP contribution in [-0.4, -0.2) is 44.3 Å². The first-order valence-electron chi connectivity index (χ1n) is 5.40. The van der Waals surface area contributed by atoms with Crippen molar-refractivity contribution in [1.29, 1.82) is 0 Å². The van der Waals surface area contributed by atoms with Crippen molar-refractivity contribution in [3.05, 3.63) is 12.7 Å². The van der Waals surface area contributed by atoms with Gasteiger partial charge in [0.2, 0.25) is 0 Å². The summed E-state index contributed by atoms with van der Waals surface area (Å²) in [5.41, 5.74) is 0. The van der Waals surface area contributed by atoms with Crippen LogP contribution in [0.1, 0.15) is 12.8 Å². The third kappa shape index (κ3) is 3.91. The first-order chi connectivity index (χ1) is 7.27. The molecule has 1 fully saturated rings. The summed E-state index contributed by atoms with van der Waals surface area (Å²) >= 11 is 0. The summed E-state index contributed by atoms with van der Waals surface area (Å²) in [4.78, 5) is 13.5. The molecule has 0 aromatic carbocycles. The second kappa shape index (κ2) is 6.45. The molecule has 15 heavy (non-hydrogen) atoms. The fourth-order valence-corrected chi connectivity index (χ4v) is 1.89. The summed E-state index contributed by atoms with van der Waals surface area (Å²) in [5, 5.41) is 2.79. The summed E-state index contributed by atoms with van der Waals surface area (Å²) in [5.74, 6) is 0.484. The highest BCUT2D eigenvalue weighted by Gasteiger charge is 2.22. The predicted octanol–water partition coefficient (Wildman–Crippen LogP) is 1.24. The van der Waals surface area contributed by atoms with Gasteiger partial charge in [0.15, 0.2) is 0 Å². The number of nitrogens with zero attached hydrogens (tertiary/aromatic N) is 1. The SMILES string of the molecule is C=CCNC(=O)N1CCCC(COC)C1. The van der Waals surface area contributed by atoms with E-state index in [4.69, 9.17) is 4.74 Å². The van der Waals surface area contributed by atoms with Gasteiger partial charge in [0.1, 0.15) is 0 Å². The van der Waals surface area contributed by atoms with Gasteiger partial charge >= 0.3 is 6.03 Å². The smallest absolute Gasteiger partial charge is 0.317 e. The lowest BCUT2D eigenvalue weighted by molar-refractivity contribution is 0.101. The molecule has 0 spiro atoms. The van der Waals surface area contributed by atoms with Gasteiger partial charge in [-0.1, -0.05) is 6.08 Å². The van der Waals surface area contributed by atoms with Gasteiger partial charge in [-0.05, 0) is 12.8 Å². The van der Waals surface area contributed by atoms with Crippen molar-refractivity contribution >= 4 is 6.03 Å². The third-order valence-corrected chi connectivity index (χ3v) is 2.61. The van der Waals surface area contributed by atoms with Crippen LogP contribution in [0.4, 0.5) is 4.79 Å². The number of methoxy groups -OCH3 is 1. The minimum atomic E-state index is 0.00991. The molecular formula is C11H20N2O2. The Kier molecular flexibility index (Phi) is 5.18. The maximum atomic E-state index is 11.6. The molecular weight excluding hydrogens is 192 g/mol. The van der Waals surface area contributed by atoms with Crippen molar-refractivity contribution in [2.24, 2.45) is 5.92 Å². The number of nitrogens with one attached hydrogen (secondary N) is 1. The molecule has 1 heterocycles. The van der Waals surface area contributed by atoms with Gasteiger partial charge in [0.25, 0.3) is 0 Å². The Morgan fingerprint density at radius 2 is 2.53 bits per heavy atom. The zero-order valence-electron chi connectivity index (χ0n) is 9.37. The van der Waals surface area contributed by atoms with Gasteiger partial charge in [0.05, 0.1) is 6.61 Å². The summed E-state index contributed by atoms with van der Waals surface area (Å²) < 4.78 is 5.12. The number of rotatable bonds is 4. The molecule has 1 aliphatic rings. The number of hydrogen-bond acceptors (Lipinski definition) is 2. The Hall–Kier alpha value is -1.03. The lowest BCUT2D eigenvalue weighted by Gasteiger charge is -2.32. The Morgan fingerprint density at radius 3 is 3.20 bits per heavy atom. The maximum Gasteiger partial charge on any atom is 0.317 e. The van der Waals surface area contributed by atoms with Crippen LogP contribution < -0.4 is 5.32 Å². The molecule has 0 radical (unpaired) electrons. The topological polar surface area (TPSA) is 41.6 Å². The van der Waals surface area contributed by atoms with E-state index in [-0.39, 0.29) is 6.03 Å². The van der Waals surface area contributed by atoms with Gasteiger partial charge in [-0.15, -0.1) is 6.58 Å². The Balaban J connectivity index is 2.34. The molecule has 1 rings (SSSR count). The zero-order valence-corrected chi connectivity index (χ0v) is 9.37. The van der Waals surface area contributed by atoms with E-state index in [1.54, 1.807) is 13.2 Å². The van der Waals surface area contributed by atoms with Crippen molar-refractivity contribution < 1.29 is 9.53 Å². The molecule has 0 saturated carbocycles. The molecule has 4 nitrogen and oxygen atoms in total. The summed E-state index contributed by atoms with van der Waals surface area (Å²) in [6, 6.07) is 0.00991. The van der Waals surface area contributed by atoms with Crippen molar-refractivity contribution in [3.8, 4) is 0 Å². The highest BCUT2D eigenvalue weighted by molar-refractivity contribution is 5.74. The molecule has 1 aliphatic heterocycles. The number of urea groups is 1. The van der Waals surface area contributed by atoms with Crippen LogP contribution in [0.15, 0.2) is 12.7 Å². The number of amides is 2. The lowest BCUT2D eigenvalue weighted by atomic mass is 9.99. The van der Waals surface area contributed by atoms with Crippen LogP contribution >= 0.6 is 0 Å². The second-order valence-corrected chi connectivity index (χ2v) is 3.88. The highest BCUT2D eigenvalue weighted by atomic mass is 16.5. The van der Waals surface area contributed by atoms with E-state index in [2.05, 4.69) is 11.9 Å². The van der Waals surface area contributed by atoms with Gasteiger partial charge < -0.3 is 15.0 Å². The van der Waals surface area contributed by atoms with Crippen LogP contribution in [0, 0.1) is 5.92 Å². The molecule has 4 heteroatoms. The van der Waals surface area contributed by atoms with Crippen LogP contribution in [0.5, 0.6) is 0 Å². The molecule has 0 aromatic heterocycles. The van der Waals surface area contributed by atoms with Crippen LogP contribution in [0.3, 0.4) is 0 Å². The fraction of sp³-hybridized carbons (Fsp3) is 0.727. The van der Waals surface area contributed by atoms with Crippen molar-refractivity contribution in [2.75, 3.05) is 33.4 Å². The molecule has 0 aromatic rings. The van der Waals surface area contributed by atoms with E-state index in [1.807, 2.05) is 4.90 Å². The summed E-state index contributed by atoms with van der Waals surface area (Å²) in [6.07, 6.45) is 3.91. The normalized spacial score (nSPS) is 21.1. The van der Waals surface area contributed by atoms with E-state index in [9.17, 15) is 4.79 Å². The third-order valence-electron chi connectivity index (χ3n) is 2.61. The van der Waals surface area contributed by atoms with Crippen molar-refractivity contribution in [3.63, 3.8) is 0 Å². The number of piperidine rings is 1. The molecule has 0 bridgehead atoms. The molecule has 86 valence electrons. The molecule has 2 amide bonds. The quantitative estimate of drug-likeness (QED) is 0.712. The Morgan fingerprint density at radius 1 is 1.73 bits per heavy atom. The van der Waals surface area contributed by atoms with Crippen molar-refractivity contribution in [1.82, 2.24) is 10.2 Å². The Labute approximate surface area is 91.3 Å². The molecule has 0 aliphatic carbocycles. The lowest BCUT2D eigenvalue weighted by Crippen LogP contribution is -2.46. The monoisotopic (exact) mass is 212 g/mol. The van der Waals surface area contributed by atoms with E-state index in [1.165, 1.54) is 0 Å². The van der Waals surface area contributed by atoms with Crippen molar-refractivity contribution in [2.45, 2.75) is 12.8 Å². The van der Waals surface area contributed by atoms with E-state index in [0.29, 0.717) is 12.5 Å². The maximum absolute atomic E-state index is 11.6. The van der Waals surface area contributed by atoms with Gasteiger partial charge in [-0.2, -0.15) is 0 Å². The average Bonchev–Trinajstić information content (AvgIpc) is 2.27. The number of carbonyl (C=O) groups excluding carboxylic acids is 1. The zero-order chi connectivity index (χ0) is 11.1. The number of ether oxygens (including phenoxy) is 1. The first-order valence-corrected chi connectivity index (χ1v) is 5.40. The number of hydrogen-bond donors (Lipinski definition) is 1. The van der Waals surface area contributed by atoms with Crippen LogP contribution in [-0.2, 0) is 4.74 Å². The van der Waals surface area contributed by atoms with E-state index >= 15 is 0 Å². The number of carbonyl (C=O) groups is 1. The minimum absolute atomic E-state index is 0.00991. The fourth-order valence-electron chi connectivity index (χ4n) is 1.89. The standard InChI is InChI=1S/C11H20N2O2/c1-3-6-12-11(14)13-7-4-5-10(8-13)9-15-2/h3,10H,1,4-9H2,2H3,(H,12,14). The van der Waals surface area contributed by atoms with Gasteiger partial charge in [0, 0.05) is 32.7 Å². The number of likely N-dealkylation sites (tertiary alicyclic amines) is 1. The summed E-state index contributed by atoms with van der Waals surface area (Å²) in [6.45, 7) is 6.50. The van der Waals surface area contributed by atoms with Crippen LogP contribution in [0.2, 0.25) is 0 Å². The molecule has 1 N–H and O–H groups in total. The van der Waals surface area contributed by atoms with E-state index in [0.717, 1.165) is 32.5 Å².